The van der Waals surface area contributed by atoms with Crippen LogP contribution in [0.2, 0.25) is 22.4 Å². The van der Waals surface area contributed by atoms with E-state index < -0.39 is 28.3 Å². The quantitative estimate of drug-likeness (QED) is 0.159. The molecule has 2 aliphatic carbocycles. The molecule has 0 saturated heterocycles. The Bertz CT molecular complexity index is 2180. The van der Waals surface area contributed by atoms with E-state index in [0.717, 1.165) is 0 Å². The van der Waals surface area contributed by atoms with Gasteiger partial charge in [-0.1, -0.05) is 0 Å². The van der Waals surface area contributed by atoms with E-state index in [-0.39, 0.29) is 0 Å². The van der Waals surface area contributed by atoms with E-state index in [0.29, 0.717) is 7.25 Å². The summed E-state index contributed by atoms with van der Waals surface area (Å²) in [7, 11) is -2.21. The summed E-state index contributed by atoms with van der Waals surface area (Å²) in [5.74, 6) is 0. The first-order valence-electron chi connectivity index (χ1n) is 16.9. The Morgan fingerprint density at radius 2 is 0.826 bits per heavy atom. The summed E-state index contributed by atoms with van der Waals surface area (Å²) in [5, 5.41) is 8.79. The van der Waals surface area contributed by atoms with Crippen molar-refractivity contribution < 1.29 is 20.3 Å². The van der Waals surface area contributed by atoms with Crippen LogP contribution < -0.4 is 0 Å². The zero-order valence-corrected chi connectivity index (χ0v) is 31.2. The maximum absolute atomic E-state index is 3.01. The summed E-state index contributed by atoms with van der Waals surface area (Å²) in [6, 6.07) is 46.3. The SMILES string of the molecule is CC1=C2c3c(-c4cccc5ccccc45)cccc3[CH]1[Zr]([CH3])([CH3])[CH]1C(C)=C(c3c(-c4cccc5ccccc45)cccc31)[Si]2(C)C. The molecule has 0 amide bonds. The van der Waals surface area contributed by atoms with Gasteiger partial charge < -0.3 is 0 Å². The molecule has 0 aromatic heterocycles. The van der Waals surface area contributed by atoms with Crippen molar-refractivity contribution in [1.29, 1.82) is 0 Å². The van der Waals surface area contributed by atoms with Crippen molar-refractivity contribution in [1.82, 2.24) is 0 Å². The third-order valence-electron chi connectivity index (χ3n) is 11.9. The molecular formula is C44H40SiZr. The molecule has 1 aliphatic heterocycles. The van der Waals surface area contributed by atoms with E-state index in [2.05, 4.69) is 158 Å². The summed E-state index contributed by atoms with van der Waals surface area (Å²) in [6.45, 7) is 10.4. The predicted molar refractivity (Wildman–Crippen MR) is 199 cm³/mol. The number of allylic oxidation sites excluding steroid dienone is 2. The Kier molecular flexibility index (Phi) is 6.20. The van der Waals surface area contributed by atoms with Crippen LogP contribution in [-0.4, -0.2) is 8.07 Å². The molecule has 2 unspecified atom stereocenters. The second kappa shape index (κ2) is 9.96. The van der Waals surface area contributed by atoms with E-state index >= 15 is 0 Å². The van der Waals surface area contributed by atoms with Crippen LogP contribution in [0.15, 0.2) is 132 Å². The minimum atomic E-state index is -3.01. The average molecular weight is 688 g/mol. The van der Waals surface area contributed by atoms with Crippen LogP contribution in [0.1, 0.15) is 43.4 Å². The molecule has 9 rings (SSSR count). The maximum atomic E-state index is 2.77. The molecule has 1 heterocycles. The van der Waals surface area contributed by atoms with Crippen molar-refractivity contribution in [2.45, 2.75) is 43.5 Å². The topological polar surface area (TPSA) is 0 Å². The van der Waals surface area contributed by atoms with Crippen molar-refractivity contribution in [3.05, 3.63) is 155 Å². The first kappa shape index (κ1) is 28.6. The molecule has 0 spiro atoms. The van der Waals surface area contributed by atoms with Gasteiger partial charge in [-0.15, -0.1) is 0 Å². The number of hydrogen-bond acceptors (Lipinski definition) is 0. The van der Waals surface area contributed by atoms with E-state index in [1.165, 1.54) is 43.8 Å². The van der Waals surface area contributed by atoms with E-state index in [1.54, 1.807) is 43.8 Å². The van der Waals surface area contributed by atoms with Gasteiger partial charge in [0.05, 0.1) is 0 Å². The second-order valence-electron chi connectivity index (χ2n) is 15.0. The fourth-order valence-corrected chi connectivity index (χ4v) is 27.7. The van der Waals surface area contributed by atoms with Gasteiger partial charge in [-0.3, -0.25) is 0 Å². The molecule has 0 radical (unpaired) electrons. The normalized spacial score (nSPS) is 20.6. The summed E-state index contributed by atoms with van der Waals surface area (Å²) < 4.78 is 6.70. The van der Waals surface area contributed by atoms with Gasteiger partial charge >= 0.3 is 281 Å². The predicted octanol–water partition coefficient (Wildman–Crippen LogP) is 12.7. The molecule has 0 saturated carbocycles. The van der Waals surface area contributed by atoms with Crippen LogP contribution in [0, 0.1) is 0 Å². The van der Waals surface area contributed by atoms with Gasteiger partial charge in [0.15, 0.2) is 0 Å². The van der Waals surface area contributed by atoms with Gasteiger partial charge in [0.2, 0.25) is 0 Å². The minimum absolute atomic E-state index is 0.578. The number of fused-ring (bicyclic) bond motifs is 10. The fraction of sp³-hybridized carbons (Fsp3) is 0.182. The molecule has 2 heteroatoms. The van der Waals surface area contributed by atoms with Crippen molar-refractivity contribution in [3.8, 4) is 22.3 Å². The average Bonchev–Trinajstić information content (AvgIpc) is 3.56. The Hall–Kier alpha value is -3.58. The molecule has 4 bridgehead atoms. The van der Waals surface area contributed by atoms with Crippen molar-refractivity contribution in [2.75, 3.05) is 0 Å². The molecule has 0 N–H and O–H groups in total. The first-order valence-corrected chi connectivity index (χ1v) is 27.6. The standard InChI is InChI=1S/C42H34Si.2CH3.Zr/c1-27-25-31-17-11-23-37(35-21-9-15-29-13-5-7-19-33(29)35)39(31)41(27)43(3,4)42-28(2)26-32-18-12-24-38(40(32)42)36-22-10-16-30-14-6-8-20-34(30)36;;;/h5-26H,1-4H3;2*1H3;. The van der Waals surface area contributed by atoms with Crippen LogP contribution in [0.3, 0.4) is 0 Å². The summed E-state index contributed by atoms with van der Waals surface area (Å²) >= 11 is -3.01. The molecule has 6 aromatic carbocycles. The van der Waals surface area contributed by atoms with E-state index in [9.17, 15) is 0 Å². The molecule has 3 aliphatic rings. The van der Waals surface area contributed by atoms with Crippen molar-refractivity contribution in [2.24, 2.45) is 0 Å². The molecule has 46 heavy (non-hydrogen) atoms. The molecular weight excluding hydrogens is 648 g/mol. The van der Waals surface area contributed by atoms with Crippen LogP contribution in [-0.2, 0) is 20.3 Å². The van der Waals surface area contributed by atoms with Crippen LogP contribution >= 0.6 is 0 Å². The molecule has 6 aromatic rings. The molecule has 0 fully saturated rings. The van der Waals surface area contributed by atoms with Gasteiger partial charge in [0.25, 0.3) is 0 Å². The summed E-state index contributed by atoms with van der Waals surface area (Å²) in [5.41, 5.74) is 15.5. The third-order valence-corrected chi connectivity index (χ3v) is 26.6. The van der Waals surface area contributed by atoms with Crippen molar-refractivity contribution in [3.63, 3.8) is 0 Å². The fourth-order valence-electron chi connectivity index (χ4n) is 10.5. The van der Waals surface area contributed by atoms with E-state index in [4.69, 9.17) is 0 Å². The van der Waals surface area contributed by atoms with Crippen LogP contribution in [0.25, 0.3) is 54.2 Å². The monoisotopic (exact) mass is 686 g/mol. The third kappa shape index (κ3) is 3.69. The number of benzene rings is 6. The Balaban J connectivity index is 1.36. The summed E-state index contributed by atoms with van der Waals surface area (Å²) in [6.07, 6.45) is 0. The van der Waals surface area contributed by atoms with Gasteiger partial charge in [0.1, 0.15) is 0 Å². The Morgan fingerprint density at radius 1 is 0.457 bits per heavy atom. The molecule has 2 atom stereocenters. The van der Waals surface area contributed by atoms with Crippen molar-refractivity contribution >= 4 is 40.0 Å². The Labute approximate surface area is 278 Å². The number of hydrogen-bond donors (Lipinski definition) is 0. The van der Waals surface area contributed by atoms with Crippen LogP contribution in [0.5, 0.6) is 0 Å². The Morgan fingerprint density at radius 3 is 1.28 bits per heavy atom. The molecule has 224 valence electrons. The zero-order chi connectivity index (χ0) is 31.5. The summed E-state index contributed by atoms with van der Waals surface area (Å²) in [4.78, 5) is 0. The second-order valence-corrected chi connectivity index (χ2v) is 31.1. The van der Waals surface area contributed by atoms with Gasteiger partial charge in [-0.2, -0.15) is 0 Å². The van der Waals surface area contributed by atoms with Gasteiger partial charge in [0, 0.05) is 0 Å². The number of rotatable bonds is 2. The zero-order valence-electron chi connectivity index (χ0n) is 27.7. The van der Waals surface area contributed by atoms with Gasteiger partial charge in [-0.05, 0) is 0 Å². The first-order chi connectivity index (χ1) is 22.2. The van der Waals surface area contributed by atoms with Gasteiger partial charge in [-0.25, -0.2) is 0 Å². The van der Waals surface area contributed by atoms with E-state index in [1.807, 2.05) is 0 Å². The molecule has 0 nitrogen and oxygen atoms in total. The van der Waals surface area contributed by atoms with Crippen LogP contribution in [0.4, 0.5) is 0 Å².